The number of ether oxygens (including phenoxy) is 1. The van der Waals surface area contributed by atoms with Crippen LogP contribution < -0.4 is 0 Å². The van der Waals surface area contributed by atoms with Crippen LogP contribution in [0.1, 0.15) is 38.3 Å². The largest absolute Gasteiger partial charge is 0.376 e. The Balaban J connectivity index is 1.82. The summed E-state index contributed by atoms with van der Waals surface area (Å²) in [4.78, 5) is 4.83. The number of nitrogens with zero attached hydrogens (tertiary/aromatic N) is 1. The number of aromatic nitrogens is 1. The molecule has 1 aromatic carbocycles. The van der Waals surface area contributed by atoms with Crippen molar-refractivity contribution in [3.63, 3.8) is 0 Å². The second kappa shape index (κ2) is 5.06. The van der Waals surface area contributed by atoms with Gasteiger partial charge in [0, 0.05) is 23.5 Å². The van der Waals surface area contributed by atoms with E-state index < -0.39 is 0 Å². The minimum absolute atomic E-state index is 0.0144. The molecule has 100 valence electrons. The van der Waals surface area contributed by atoms with Crippen LogP contribution in [0.25, 0.3) is 10.6 Å². The van der Waals surface area contributed by atoms with Crippen molar-refractivity contribution in [1.29, 1.82) is 0 Å². The van der Waals surface area contributed by atoms with Crippen molar-refractivity contribution in [1.82, 2.24) is 4.98 Å². The van der Waals surface area contributed by atoms with E-state index in [0.29, 0.717) is 5.92 Å². The summed E-state index contributed by atoms with van der Waals surface area (Å²) in [6, 6.07) is 10.4. The number of rotatable bonds is 2. The van der Waals surface area contributed by atoms with Crippen LogP contribution in [0.4, 0.5) is 0 Å². The van der Waals surface area contributed by atoms with Crippen molar-refractivity contribution >= 4 is 11.3 Å². The van der Waals surface area contributed by atoms with Gasteiger partial charge in [-0.05, 0) is 26.7 Å². The molecular weight excluding hydrogens is 254 g/mol. The van der Waals surface area contributed by atoms with Gasteiger partial charge in [-0.25, -0.2) is 4.98 Å². The Morgan fingerprint density at radius 1 is 1.26 bits per heavy atom. The van der Waals surface area contributed by atoms with Crippen molar-refractivity contribution in [2.75, 3.05) is 6.61 Å². The summed E-state index contributed by atoms with van der Waals surface area (Å²) in [5.41, 5.74) is 2.43. The Morgan fingerprint density at radius 2 is 2.05 bits per heavy atom. The van der Waals surface area contributed by atoms with Gasteiger partial charge in [-0.2, -0.15) is 0 Å². The minimum atomic E-state index is -0.0144. The predicted octanol–water partition coefficient (Wildman–Crippen LogP) is 4.48. The zero-order valence-corrected chi connectivity index (χ0v) is 12.2. The third kappa shape index (κ3) is 2.88. The first-order chi connectivity index (χ1) is 9.14. The van der Waals surface area contributed by atoms with Crippen LogP contribution in [0.3, 0.4) is 0 Å². The molecule has 0 radical (unpaired) electrons. The molecular formula is C16H19NOS. The maximum Gasteiger partial charge on any atom is 0.123 e. The highest BCUT2D eigenvalue weighted by molar-refractivity contribution is 7.13. The number of hydrogen-bond donors (Lipinski definition) is 0. The molecule has 0 saturated carbocycles. The van der Waals surface area contributed by atoms with E-state index in [1.807, 2.05) is 6.07 Å². The number of thiazole rings is 1. The first-order valence-electron chi connectivity index (χ1n) is 6.79. The summed E-state index contributed by atoms with van der Waals surface area (Å²) < 4.78 is 5.78. The molecule has 2 heterocycles. The van der Waals surface area contributed by atoms with Crippen LogP contribution in [-0.4, -0.2) is 17.2 Å². The normalized spacial score (nSPS) is 22.3. The minimum Gasteiger partial charge on any atom is -0.376 e. The SMILES string of the molecule is CC1(C)C[C@H](c2csc(-c3ccccc3)n2)CCO1. The summed E-state index contributed by atoms with van der Waals surface area (Å²) in [5.74, 6) is 0.539. The highest BCUT2D eigenvalue weighted by Crippen LogP contribution is 2.37. The van der Waals surface area contributed by atoms with Gasteiger partial charge in [0.2, 0.25) is 0 Å². The number of benzene rings is 1. The second-order valence-electron chi connectivity index (χ2n) is 5.74. The van der Waals surface area contributed by atoms with Gasteiger partial charge in [-0.15, -0.1) is 11.3 Å². The summed E-state index contributed by atoms with van der Waals surface area (Å²) in [6.45, 7) is 5.18. The first kappa shape index (κ1) is 12.8. The van der Waals surface area contributed by atoms with Crippen molar-refractivity contribution in [3.8, 4) is 10.6 Å². The van der Waals surface area contributed by atoms with Crippen molar-refractivity contribution in [2.45, 2.75) is 38.2 Å². The van der Waals surface area contributed by atoms with Crippen LogP contribution >= 0.6 is 11.3 Å². The fourth-order valence-electron chi connectivity index (χ4n) is 2.67. The maximum atomic E-state index is 5.78. The Kier molecular flexibility index (Phi) is 3.42. The summed E-state index contributed by atoms with van der Waals surface area (Å²) >= 11 is 1.74. The zero-order chi connectivity index (χ0) is 13.3. The van der Waals surface area contributed by atoms with Crippen LogP contribution in [0.5, 0.6) is 0 Å². The Hall–Kier alpha value is -1.19. The van der Waals surface area contributed by atoms with E-state index in [2.05, 4.69) is 43.5 Å². The molecule has 3 rings (SSSR count). The standard InChI is InChI=1S/C16H19NOS/c1-16(2)10-13(8-9-18-16)14-11-19-15(17-14)12-6-4-3-5-7-12/h3-7,11,13H,8-10H2,1-2H3/t13-/m1/s1. The van der Waals surface area contributed by atoms with Gasteiger partial charge in [0.1, 0.15) is 5.01 Å². The average molecular weight is 273 g/mol. The molecule has 19 heavy (non-hydrogen) atoms. The van der Waals surface area contributed by atoms with E-state index in [1.54, 1.807) is 11.3 Å². The van der Waals surface area contributed by atoms with Crippen LogP contribution in [0.15, 0.2) is 35.7 Å². The van der Waals surface area contributed by atoms with Crippen LogP contribution in [-0.2, 0) is 4.74 Å². The smallest absolute Gasteiger partial charge is 0.123 e. The third-order valence-electron chi connectivity index (χ3n) is 3.66. The molecule has 1 fully saturated rings. The average Bonchev–Trinajstić information content (AvgIpc) is 2.88. The molecule has 0 spiro atoms. The van der Waals surface area contributed by atoms with Gasteiger partial charge >= 0.3 is 0 Å². The second-order valence-corrected chi connectivity index (χ2v) is 6.60. The molecule has 1 atom stereocenters. The van der Waals surface area contributed by atoms with Gasteiger partial charge in [0.05, 0.1) is 11.3 Å². The molecule has 2 nitrogen and oxygen atoms in total. The van der Waals surface area contributed by atoms with E-state index in [-0.39, 0.29) is 5.60 Å². The summed E-state index contributed by atoms with van der Waals surface area (Å²) in [7, 11) is 0. The van der Waals surface area contributed by atoms with E-state index in [9.17, 15) is 0 Å². The number of hydrogen-bond acceptors (Lipinski definition) is 3. The zero-order valence-electron chi connectivity index (χ0n) is 11.4. The fourth-order valence-corrected chi connectivity index (χ4v) is 3.58. The Morgan fingerprint density at radius 3 is 2.79 bits per heavy atom. The van der Waals surface area contributed by atoms with Crippen LogP contribution in [0, 0.1) is 0 Å². The monoisotopic (exact) mass is 273 g/mol. The molecule has 3 heteroatoms. The van der Waals surface area contributed by atoms with Gasteiger partial charge in [-0.3, -0.25) is 0 Å². The lowest BCUT2D eigenvalue weighted by Crippen LogP contribution is -2.33. The molecule has 1 saturated heterocycles. The lowest BCUT2D eigenvalue weighted by atomic mass is 9.87. The summed E-state index contributed by atoms with van der Waals surface area (Å²) in [5, 5.41) is 3.34. The van der Waals surface area contributed by atoms with E-state index in [1.165, 1.54) is 11.3 Å². The highest BCUT2D eigenvalue weighted by Gasteiger charge is 2.30. The third-order valence-corrected chi connectivity index (χ3v) is 4.57. The van der Waals surface area contributed by atoms with Crippen molar-refractivity contribution in [2.24, 2.45) is 0 Å². The fraction of sp³-hybridized carbons (Fsp3) is 0.438. The lowest BCUT2D eigenvalue weighted by molar-refractivity contribution is -0.0597. The van der Waals surface area contributed by atoms with Gasteiger partial charge < -0.3 is 4.74 Å². The molecule has 1 aromatic heterocycles. The predicted molar refractivity (Wildman–Crippen MR) is 79.6 cm³/mol. The molecule has 0 aliphatic carbocycles. The van der Waals surface area contributed by atoms with Crippen molar-refractivity contribution < 1.29 is 4.74 Å². The lowest BCUT2D eigenvalue weighted by Gasteiger charge is -2.34. The quantitative estimate of drug-likeness (QED) is 0.804. The Labute approximate surface area is 118 Å². The van der Waals surface area contributed by atoms with Gasteiger partial charge in [0.25, 0.3) is 0 Å². The Bertz CT molecular complexity index is 547. The molecule has 1 aliphatic rings. The van der Waals surface area contributed by atoms with Crippen molar-refractivity contribution in [3.05, 3.63) is 41.4 Å². The molecule has 0 unspecified atom stereocenters. The van der Waals surface area contributed by atoms with Gasteiger partial charge in [-0.1, -0.05) is 30.3 Å². The molecule has 0 amide bonds. The first-order valence-corrected chi connectivity index (χ1v) is 7.67. The molecule has 1 aliphatic heterocycles. The highest BCUT2D eigenvalue weighted by atomic mass is 32.1. The summed E-state index contributed by atoms with van der Waals surface area (Å²) in [6.07, 6.45) is 2.15. The van der Waals surface area contributed by atoms with Gasteiger partial charge in [0.15, 0.2) is 0 Å². The van der Waals surface area contributed by atoms with E-state index in [4.69, 9.17) is 9.72 Å². The van der Waals surface area contributed by atoms with E-state index in [0.717, 1.165) is 24.5 Å². The topological polar surface area (TPSA) is 22.1 Å². The molecule has 0 bridgehead atoms. The molecule has 0 N–H and O–H groups in total. The van der Waals surface area contributed by atoms with E-state index >= 15 is 0 Å². The molecule has 2 aromatic rings. The maximum absolute atomic E-state index is 5.78. The van der Waals surface area contributed by atoms with Crippen LogP contribution in [0.2, 0.25) is 0 Å².